The van der Waals surface area contributed by atoms with Crippen molar-refractivity contribution in [2.75, 3.05) is 19.8 Å². The van der Waals surface area contributed by atoms with Crippen LogP contribution in [0.2, 0.25) is 0 Å². The van der Waals surface area contributed by atoms with Crippen molar-refractivity contribution in [3.05, 3.63) is 34.9 Å². The first kappa shape index (κ1) is 26.9. The Morgan fingerprint density at radius 2 is 1.54 bits per heavy atom. The number of hydrogen-bond donors (Lipinski definition) is 0. The van der Waals surface area contributed by atoms with Gasteiger partial charge in [-0.3, -0.25) is 0 Å². The number of benzene rings is 1. The average Bonchev–Trinajstić information content (AvgIpc) is 2.88. The Balaban J connectivity index is 1.23. The van der Waals surface area contributed by atoms with Crippen LogP contribution in [-0.4, -0.2) is 37.9 Å². The number of rotatable bonds is 9. The zero-order valence-electron chi connectivity index (χ0n) is 21.5. The molecular formula is C29H43F3O3. The van der Waals surface area contributed by atoms with Gasteiger partial charge in [0.1, 0.15) is 0 Å². The molecule has 0 spiro atoms. The van der Waals surface area contributed by atoms with Gasteiger partial charge in [-0.15, -0.1) is 0 Å². The lowest BCUT2D eigenvalue weighted by atomic mass is 9.76. The van der Waals surface area contributed by atoms with Crippen LogP contribution in [0.25, 0.3) is 0 Å². The van der Waals surface area contributed by atoms with E-state index in [1.807, 2.05) is 6.92 Å². The molecule has 2 unspecified atom stereocenters. The van der Waals surface area contributed by atoms with E-state index in [9.17, 15) is 13.2 Å². The molecule has 2 atom stereocenters. The van der Waals surface area contributed by atoms with Crippen LogP contribution in [0.3, 0.4) is 0 Å². The minimum atomic E-state index is -1.34. The smallest absolute Gasteiger partial charge is 0.162 e. The molecule has 0 bridgehead atoms. The predicted octanol–water partition coefficient (Wildman–Crippen LogP) is 7.65. The van der Waals surface area contributed by atoms with Crippen molar-refractivity contribution in [3.8, 4) is 0 Å². The minimum absolute atomic E-state index is 0.0880. The van der Waals surface area contributed by atoms with E-state index in [4.69, 9.17) is 14.2 Å². The summed E-state index contributed by atoms with van der Waals surface area (Å²) in [6, 6.07) is 3.54. The van der Waals surface area contributed by atoms with Gasteiger partial charge in [-0.05, 0) is 74.8 Å². The summed E-state index contributed by atoms with van der Waals surface area (Å²) in [4.78, 5) is 0. The van der Waals surface area contributed by atoms with E-state index >= 15 is 0 Å². The molecule has 1 aromatic rings. The van der Waals surface area contributed by atoms with Crippen LogP contribution in [0, 0.1) is 23.5 Å². The molecule has 198 valence electrons. The molecule has 4 rings (SSSR count). The van der Waals surface area contributed by atoms with Crippen LogP contribution in [0.5, 0.6) is 0 Å². The fraction of sp³-hybridized carbons (Fsp3) is 0.793. The van der Waals surface area contributed by atoms with E-state index in [0.717, 1.165) is 64.2 Å². The normalized spacial score (nSPS) is 34.1. The molecule has 0 N–H and O–H groups in total. The monoisotopic (exact) mass is 496 g/mol. The first-order valence-corrected chi connectivity index (χ1v) is 13.9. The van der Waals surface area contributed by atoms with Gasteiger partial charge in [0.05, 0.1) is 25.9 Å². The molecule has 0 aromatic heterocycles. The molecule has 2 heterocycles. The summed E-state index contributed by atoms with van der Waals surface area (Å²) >= 11 is 0. The highest BCUT2D eigenvalue weighted by Crippen LogP contribution is 2.41. The van der Waals surface area contributed by atoms with Gasteiger partial charge in [0.15, 0.2) is 23.6 Å². The van der Waals surface area contributed by atoms with Crippen LogP contribution in [0.1, 0.15) is 102 Å². The molecule has 1 aromatic carbocycles. The van der Waals surface area contributed by atoms with Crippen LogP contribution >= 0.6 is 0 Å². The fourth-order valence-electron chi connectivity index (χ4n) is 6.27. The van der Waals surface area contributed by atoms with E-state index in [0.29, 0.717) is 42.4 Å². The standard InChI is InChI=1S/C29H43F3O3/c1-3-5-6-7-21-12-14-24(27(31)26(21)30)23-13-15-25(33-17-23)20-8-10-22(11-9-20)28-34-18-29(32,16-4-2)19-35-28/h12,14,20,22-23,25,28H,3-11,13,15-19H2,1-2H3. The molecule has 2 saturated heterocycles. The van der Waals surface area contributed by atoms with Gasteiger partial charge in [-0.2, -0.15) is 0 Å². The zero-order valence-corrected chi connectivity index (χ0v) is 21.5. The first-order chi connectivity index (χ1) is 16.9. The SMILES string of the molecule is CCCCCc1ccc(C2CCC(C3CCC(C4OCC(F)(CCC)CO4)CC3)OC2)c(F)c1F. The summed E-state index contributed by atoms with van der Waals surface area (Å²) in [6.07, 6.45) is 10.5. The van der Waals surface area contributed by atoms with Crippen molar-refractivity contribution in [3.63, 3.8) is 0 Å². The highest BCUT2D eigenvalue weighted by molar-refractivity contribution is 5.29. The van der Waals surface area contributed by atoms with Gasteiger partial charge in [0.25, 0.3) is 0 Å². The highest BCUT2D eigenvalue weighted by atomic mass is 19.2. The van der Waals surface area contributed by atoms with Gasteiger partial charge >= 0.3 is 0 Å². The summed E-state index contributed by atoms with van der Waals surface area (Å²) in [7, 11) is 0. The summed E-state index contributed by atoms with van der Waals surface area (Å²) in [6.45, 7) is 4.79. The topological polar surface area (TPSA) is 27.7 Å². The van der Waals surface area contributed by atoms with Crippen LogP contribution < -0.4 is 0 Å². The molecule has 1 aliphatic carbocycles. The lowest BCUT2D eigenvalue weighted by Crippen LogP contribution is -2.47. The maximum Gasteiger partial charge on any atom is 0.162 e. The van der Waals surface area contributed by atoms with E-state index in [-0.39, 0.29) is 31.5 Å². The van der Waals surface area contributed by atoms with Crippen LogP contribution in [0.4, 0.5) is 13.2 Å². The number of unbranched alkanes of at least 4 members (excludes halogenated alkanes) is 2. The molecule has 6 heteroatoms. The predicted molar refractivity (Wildman–Crippen MR) is 131 cm³/mol. The second-order valence-electron chi connectivity index (χ2n) is 11.1. The van der Waals surface area contributed by atoms with E-state index < -0.39 is 17.3 Å². The quantitative estimate of drug-likeness (QED) is 0.329. The maximum absolute atomic E-state index is 14.8. The Hall–Kier alpha value is -1.11. The molecule has 3 aliphatic rings. The Morgan fingerprint density at radius 3 is 2.17 bits per heavy atom. The fourth-order valence-corrected chi connectivity index (χ4v) is 6.27. The zero-order chi connectivity index (χ0) is 24.8. The lowest BCUT2D eigenvalue weighted by Gasteiger charge is -2.42. The van der Waals surface area contributed by atoms with E-state index in [2.05, 4.69) is 6.92 Å². The summed E-state index contributed by atoms with van der Waals surface area (Å²) in [5.41, 5.74) is -0.394. The second-order valence-corrected chi connectivity index (χ2v) is 11.1. The Labute approximate surface area is 209 Å². The van der Waals surface area contributed by atoms with Crippen molar-refractivity contribution in [2.45, 2.75) is 115 Å². The number of halogens is 3. The number of ether oxygens (including phenoxy) is 3. The van der Waals surface area contributed by atoms with Crippen molar-refractivity contribution in [1.29, 1.82) is 0 Å². The van der Waals surface area contributed by atoms with E-state index in [1.54, 1.807) is 12.1 Å². The molecule has 0 radical (unpaired) electrons. The third-order valence-corrected chi connectivity index (χ3v) is 8.43. The van der Waals surface area contributed by atoms with Crippen molar-refractivity contribution < 1.29 is 27.4 Å². The number of alkyl halides is 1. The van der Waals surface area contributed by atoms with Gasteiger partial charge in [0.2, 0.25) is 0 Å². The van der Waals surface area contributed by atoms with Gasteiger partial charge in [-0.1, -0.05) is 45.2 Å². The van der Waals surface area contributed by atoms with Crippen molar-refractivity contribution in [1.82, 2.24) is 0 Å². The lowest BCUT2D eigenvalue weighted by molar-refractivity contribution is -0.258. The molecule has 3 nitrogen and oxygen atoms in total. The molecule has 3 fully saturated rings. The molecular weight excluding hydrogens is 453 g/mol. The Morgan fingerprint density at radius 1 is 0.829 bits per heavy atom. The molecule has 0 amide bonds. The average molecular weight is 497 g/mol. The van der Waals surface area contributed by atoms with Crippen molar-refractivity contribution in [2.24, 2.45) is 11.8 Å². The molecule has 2 aliphatic heterocycles. The first-order valence-electron chi connectivity index (χ1n) is 13.9. The summed E-state index contributed by atoms with van der Waals surface area (Å²) in [5, 5.41) is 0. The minimum Gasteiger partial charge on any atom is -0.377 e. The number of aryl methyl sites for hydroxylation is 1. The molecule has 35 heavy (non-hydrogen) atoms. The maximum atomic E-state index is 14.8. The molecule has 1 saturated carbocycles. The third kappa shape index (κ3) is 6.61. The second kappa shape index (κ2) is 12.4. The van der Waals surface area contributed by atoms with E-state index in [1.165, 1.54) is 0 Å². The third-order valence-electron chi connectivity index (χ3n) is 8.43. The van der Waals surface area contributed by atoms with Crippen LogP contribution in [-0.2, 0) is 20.6 Å². The number of hydrogen-bond acceptors (Lipinski definition) is 3. The van der Waals surface area contributed by atoms with Gasteiger partial charge < -0.3 is 14.2 Å². The van der Waals surface area contributed by atoms with Gasteiger partial charge in [-0.25, -0.2) is 13.2 Å². The van der Waals surface area contributed by atoms with Crippen LogP contribution in [0.15, 0.2) is 12.1 Å². The summed E-state index contributed by atoms with van der Waals surface area (Å²) in [5.74, 6) is -0.670. The van der Waals surface area contributed by atoms with Crippen molar-refractivity contribution >= 4 is 0 Å². The largest absolute Gasteiger partial charge is 0.377 e. The van der Waals surface area contributed by atoms with Gasteiger partial charge in [0, 0.05) is 11.8 Å². The highest BCUT2D eigenvalue weighted by Gasteiger charge is 2.41. The summed E-state index contributed by atoms with van der Waals surface area (Å²) < 4.78 is 61.9. The Bertz CT molecular complexity index is 793. The Kier molecular flexibility index (Phi) is 9.56.